The van der Waals surface area contributed by atoms with Crippen LogP contribution in [0.15, 0.2) is 52.4 Å². The van der Waals surface area contributed by atoms with E-state index >= 15 is 0 Å². The zero-order valence-corrected chi connectivity index (χ0v) is 21.8. The minimum atomic E-state index is -0.822. The van der Waals surface area contributed by atoms with Crippen LogP contribution in [0.1, 0.15) is 31.7 Å². The van der Waals surface area contributed by atoms with E-state index in [-0.39, 0.29) is 24.0 Å². The van der Waals surface area contributed by atoms with Crippen LogP contribution < -0.4 is 20.1 Å². The number of anilines is 1. The molecule has 37 heavy (non-hydrogen) atoms. The first-order valence-electron chi connectivity index (χ1n) is 12.0. The molecule has 1 unspecified atom stereocenters. The van der Waals surface area contributed by atoms with Crippen LogP contribution in [0.4, 0.5) is 11.4 Å². The van der Waals surface area contributed by atoms with Crippen molar-refractivity contribution in [2.45, 2.75) is 32.2 Å². The third kappa shape index (κ3) is 5.93. The van der Waals surface area contributed by atoms with E-state index in [0.29, 0.717) is 46.0 Å². The first kappa shape index (κ1) is 26.2. The quantitative estimate of drug-likeness (QED) is 0.458. The highest BCUT2D eigenvalue weighted by molar-refractivity contribution is 8.14. The summed E-state index contributed by atoms with van der Waals surface area (Å²) < 4.78 is 10.6. The predicted octanol–water partition coefficient (Wildman–Crippen LogP) is 3.34. The summed E-state index contributed by atoms with van der Waals surface area (Å²) in [6.45, 7) is 2.59. The molecule has 0 fully saturated rings. The molecule has 0 saturated carbocycles. The standard InChI is InChI=1S/C26H29N5O5S/c1-4-5-12-27-22(32)14-20-25(34)30-24-17-8-6-7-9-18(17)29-26(31(20)24)37-15-23(33)28-19-13-16(35-2)10-11-21(19)36-3/h6-11,13,20H,4-5,12,14-15H2,1-3H3,(H,27,32)(H,28,33). The van der Waals surface area contributed by atoms with Gasteiger partial charge in [-0.3, -0.25) is 19.3 Å². The number of rotatable bonds is 10. The first-order chi connectivity index (χ1) is 17.9. The minimum absolute atomic E-state index is 0.00868. The molecule has 2 N–H and O–H groups in total. The van der Waals surface area contributed by atoms with Crippen LogP contribution in [0.3, 0.4) is 0 Å². The van der Waals surface area contributed by atoms with Crippen LogP contribution in [-0.4, -0.2) is 66.2 Å². The topological polar surface area (TPSA) is 122 Å². The molecule has 3 amide bonds. The van der Waals surface area contributed by atoms with Gasteiger partial charge in [0.05, 0.1) is 37.8 Å². The Morgan fingerprint density at radius 1 is 1.08 bits per heavy atom. The molecule has 2 aliphatic rings. The van der Waals surface area contributed by atoms with Crippen LogP contribution in [-0.2, 0) is 14.4 Å². The fourth-order valence-corrected chi connectivity index (χ4v) is 4.83. The Balaban J connectivity index is 1.52. The maximum absolute atomic E-state index is 12.9. The molecule has 2 heterocycles. The number of methoxy groups -OCH3 is 2. The Labute approximate surface area is 219 Å². The van der Waals surface area contributed by atoms with Gasteiger partial charge in [0, 0.05) is 18.2 Å². The Kier molecular flexibility index (Phi) is 8.44. The molecule has 4 rings (SSSR count). The minimum Gasteiger partial charge on any atom is -0.497 e. The number of para-hydroxylation sites is 1. The van der Waals surface area contributed by atoms with Crippen molar-refractivity contribution in [2.24, 2.45) is 9.98 Å². The molecule has 0 bridgehead atoms. The zero-order valence-electron chi connectivity index (χ0n) is 20.9. The van der Waals surface area contributed by atoms with Crippen molar-refractivity contribution in [3.05, 3.63) is 48.0 Å². The number of hydrogen-bond donors (Lipinski definition) is 2. The summed E-state index contributed by atoms with van der Waals surface area (Å²) in [5.74, 6) is 0.598. The van der Waals surface area contributed by atoms with Gasteiger partial charge in [0.15, 0.2) is 5.17 Å². The van der Waals surface area contributed by atoms with Gasteiger partial charge in [-0.2, -0.15) is 4.99 Å². The number of nitrogens with zero attached hydrogens (tertiary/aromatic N) is 3. The van der Waals surface area contributed by atoms with Crippen molar-refractivity contribution < 1.29 is 23.9 Å². The number of aliphatic imine (C=N–C) groups is 2. The maximum Gasteiger partial charge on any atom is 0.271 e. The Bertz CT molecular complexity index is 1260. The summed E-state index contributed by atoms with van der Waals surface area (Å²) in [6.07, 6.45) is 1.76. The number of benzene rings is 2. The zero-order chi connectivity index (χ0) is 26.4. The lowest BCUT2D eigenvalue weighted by Gasteiger charge is -2.30. The lowest BCUT2D eigenvalue weighted by molar-refractivity contribution is -0.126. The van der Waals surface area contributed by atoms with Gasteiger partial charge in [0.25, 0.3) is 5.91 Å². The number of carbonyl (C=O) groups excluding carboxylic acids is 3. The van der Waals surface area contributed by atoms with E-state index in [1.807, 2.05) is 31.2 Å². The maximum atomic E-state index is 12.9. The van der Waals surface area contributed by atoms with Gasteiger partial charge in [-0.05, 0) is 30.7 Å². The molecular weight excluding hydrogens is 494 g/mol. The second-order valence-corrected chi connectivity index (χ2v) is 9.32. The molecular formula is C26H29N5O5S. The van der Waals surface area contributed by atoms with Crippen LogP contribution in [0.2, 0.25) is 0 Å². The van der Waals surface area contributed by atoms with Crippen molar-refractivity contribution >= 4 is 51.9 Å². The number of ether oxygens (including phenoxy) is 2. The molecule has 2 aromatic carbocycles. The van der Waals surface area contributed by atoms with Gasteiger partial charge in [-0.15, -0.1) is 0 Å². The number of amidine groups is 2. The molecule has 0 saturated heterocycles. The number of fused-ring (bicyclic) bond motifs is 3. The van der Waals surface area contributed by atoms with E-state index in [2.05, 4.69) is 15.6 Å². The molecule has 0 radical (unpaired) electrons. The van der Waals surface area contributed by atoms with Crippen LogP contribution in [0.25, 0.3) is 0 Å². The third-order valence-electron chi connectivity index (χ3n) is 5.85. The number of thioether (sulfide) groups is 1. The second kappa shape index (κ2) is 11.9. The van der Waals surface area contributed by atoms with Crippen LogP contribution >= 0.6 is 11.8 Å². The Hall–Kier alpha value is -3.86. The van der Waals surface area contributed by atoms with Crippen molar-refractivity contribution in [1.29, 1.82) is 0 Å². The largest absolute Gasteiger partial charge is 0.497 e. The average Bonchev–Trinajstić information content (AvgIpc) is 3.23. The van der Waals surface area contributed by atoms with Crippen LogP contribution in [0.5, 0.6) is 11.5 Å². The van der Waals surface area contributed by atoms with E-state index in [0.717, 1.165) is 12.8 Å². The molecule has 1 atom stereocenters. The molecule has 194 valence electrons. The van der Waals surface area contributed by atoms with Crippen molar-refractivity contribution in [3.63, 3.8) is 0 Å². The van der Waals surface area contributed by atoms with Gasteiger partial charge in [0.1, 0.15) is 23.4 Å². The van der Waals surface area contributed by atoms with E-state index in [1.54, 1.807) is 30.2 Å². The smallest absolute Gasteiger partial charge is 0.271 e. The van der Waals surface area contributed by atoms with Crippen molar-refractivity contribution in [1.82, 2.24) is 10.2 Å². The number of amides is 3. The molecule has 0 aliphatic carbocycles. The summed E-state index contributed by atoms with van der Waals surface area (Å²) >= 11 is 1.17. The number of nitrogens with one attached hydrogen (secondary N) is 2. The lowest BCUT2D eigenvalue weighted by Crippen LogP contribution is -2.46. The summed E-state index contributed by atoms with van der Waals surface area (Å²) in [4.78, 5) is 49.0. The van der Waals surface area contributed by atoms with Gasteiger partial charge in [0.2, 0.25) is 11.8 Å². The summed E-state index contributed by atoms with van der Waals surface area (Å²) in [5, 5.41) is 6.13. The number of unbranched alkanes of at least 4 members (excludes halogenated alkanes) is 1. The molecule has 10 nitrogen and oxygen atoms in total. The van der Waals surface area contributed by atoms with Gasteiger partial charge < -0.3 is 20.1 Å². The molecule has 0 aromatic heterocycles. The fourth-order valence-electron chi connectivity index (χ4n) is 3.98. The highest BCUT2D eigenvalue weighted by atomic mass is 32.2. The third-order valence-corrected chi connectivity index (χ3v) is 6.81. The van der Waals surface area contributed by atoms with Gasteiger partial charge in [-0.25, -0.2) is 4.99 Å². The summed E-state index contributed by atoms with van der Waals surface area (Å²) in [7, 11) is 3.06. The molecule has 2 aromatic rings. The van der Waals surface area contributed by atoms with E-state index in [4.69, 9.17) is 14.5 Å². The van der Waals surface area contributed by atoms with Gasteiger partial charge >= 0.3 is 0 Å². The SMILES string of the molecule is CCCCNC(=O)CC1C(=O)N=C2c3ccccc3N=C(SCC(=O)Nc3cc(OC)ccc3OC)N21. The highest BCUT2D eigenvalue weighted by Gasteiger charge is 2.42. The van der Waals surface area contributed by atoms with E-state index in [9.17, 15) is 14.4 Å². The highest BCUT2D eigenvalue weighted by Crippen LogP contribution is 2.35. The lowest BCUT2D eigenvalue weighted by atomic mass is 10.1. The number of hydrogen-bond acceptors (Lipinski definition) is 8. The monoisotopic (exact) mass is 523 g/mol. The first-order valence-corrected chi connectivity index (χ1v) is 12.9. The van der Waals surface area contributed by atoms with E-state index < -0.39 is 11.9 Å². The molecule has 2 aliphatic heterocycles. The predicted molar refractivity (Wildman–Crippen MR) is 144 cm³/mol. The fraction of sp³-hybridized carbons (Fsp3) is 0.346. The number of carbonyl (C=O) groups is 3. The summed E-state index contributed by atoms with van der Waals surface area (Å²) in [5.41, 5.74) is 1.83. The van der Waals surface area contributed by atoms with Crippen molar-refractivity contribution in [3.8, 4) is 11.5 Å². The van der Waals surface area contributed by atoms with Gasteiger partial charge in [-0.1, -0.05) is 37.2 Å². The normalized spacial score (nSPS) is 15.8. The van der Waals surface area contributed by atoms with E-state index in [1.165, 1.54) is 18.9 Å². The Morgan fingerprint density at radius 2 is 1.89 bits per heavy atom. The second-order valence-electron chi connectivity index (χ2n) is 8.38. The average molecular weight is 524 g/mol. The molecule has 0 spiro atoms. The summed E-state index contributed by atoms with van der Waals surface area (Å²) in [6, 6.07) is 11.6. The Morgan fingerprint density at radius 3 is 2.65 bits per heavy atom. The molecule has 11 heteroatoms. The van der Waals surface area contributed by atoms with Crippen LogP contribution in [0, 0.1) is 0 Å². The van der Waals surface area contributed by atoms with Crippen molar-refractivity contribution in [2.75, 3.05) is 31.8 Å².